The Kier molecular flexibility index (Phi) is 5.45. The van der Waals surface area contributed by atoms with Gasteiger partial charge in [-0.3, -0.25) is 9.88 Å². The maximum atomic E-state index is 12.6. The van der Waals surface area contributed by atoms with Gasteiger partial charge in [-0.25, -0.2) is 4.79 Å². The van der Waals surface area contributed by atoms with Crippen molar-refractivity contribution in [2.24, 2.45) is 0 Å². The molecule has 2 amide bonds. The molecular formula is C21H27N5O2. The molecule has 1 atom stereocenters. The number of carbonyl (C=O) groups excluding carboxylic acids is 1. The van der Waals surface area contributed by atoms with E-state index in [0.29, 0.717) is 38.4 Å². The third kappa shape index (κ3) is 4.26. The number of nitrogen functional groups attached to an aromatic ring is 1. The Balaban J connectivity index is 1.27. The molecule has 3 N–H and O–H groups in total. The number of aliphatic hydroxyl groups is 1. The molecule has 0 aliphatic carbocycles. The fourth-order valence-corrected chi connectivity index (χ4v) is 3.99. The van der Waals surface area contributed by atoms with Crippen molar-refractivity contribution in [3.8, 4) is 0 Å². The lowest BCUT2D eigenvalue weighted by atomic mass is 10.00. The lowest BCUT2D eigenvalue weighted by molar-refractivity contribution is 0.0812. The van der Waals surface area contributed by atoms with Crippen LogP contribution in [0, 0.1) is 0 Å². The molecular weight excluding hydrogens is 354 g/mol. The molecule has 2 aliphatic heterocycles. The summed E-state index contributed by atoms with van der Waals surface area (Å²) in [5, 5.41) is 10.6. The van der Waals surface area contributed by atoms with Crippen LogP contribution in [0.5, 0.6) is 0 Å². The van der Waals surface area contributed by atoms with E-state index >= 15 is 0 Å². The molecule has 148 valence electrons. The number of amides is 2. The van der Waals surface area contributed by atoms with Gasteiger partial charge < -0.3 is 20.6 Å². The first-order valence-corrected chi connectivity index (χ1v) is 9.80. The summed E-state index contributed by atoms with van der Waals surface area (Å²) in [5.74, 6) is 0. The fourth-order valence-electron chi connectivity index (χ4n) is 3.99. The molecule has 1 saturated heterocycles. The highest BCUT2D eigenvalue weighted by atomic mass is 16.3. The second-order valence-electron chi connectivity index (χ2n) is 7.64. The molecule has 7 heteroatoms. The fraction of sp³-hybridized carbons (Fsp3) is 0.429. The van der Waals surface area contributed by atoms with Crippen molar-refractivity contribution < 1.29 is 9.90 Å². The molecule has 2 aromatic rings. The molecule has 0 spiro atoms. The van der Waals surface area contributed by atoms with Crippen molar-refractivity contribution in [2.45, 2.75) is 25.6 Å². The van der Waals surface area contributed by atoms with Gasteiger partial charge >= 0.3 is 6.03 Å². The smallest absolute Gasteiger partial charge is 0.320 e. The largest absolute Gasteiger partial charge is 0.397 e. The predicted octanol–water partition coefficient (Wildman–Crippen LogP) is 1.32. The summed E-state index contributed by atoms with van der Waals surface area (Å²) in [6.07, 6.45) is 2.06. The van der Waals surface area contributed by atoms with Gasteiger partial charge in [-0.05, 0) is 29.7 Å². The van der Waals surface area contributed by atoms with E-state index in [4.69, 9.17) is 5.73 Å². The number of nitrogens with two attached hydrogens (primary N) is 1. The first-order valence-electron chi connectivity index (χ1n) is 9.80. The Hall–Kier alpha value is -2.64. The van der Waals surface area contributed by atoms with Gasteiger partial charge in [0.15, 0.2) is 0 Å². The minimum Gasteiger partial charge on any atom is -0.397 e. The number of rotatable bonds is 6. The standard InChI is InChI=1S/C21H27N5O2/c22-18-5-6-19(23-11-18)13-25-9-10-26(21(25)28)15-20(27)14-24-8-7-16-3-1-2-4-17(16)12-24/h1-6,11,20,27H,7-10,12-15,22H2. The minimum atomic E-state index is -0.552. The Morgan fingerprint density at radius 2 is 1.82 bits per heavy atom. The van der Waals surface area contributed by atoms with Crippen molar-refractivity contribution in [1.29, 1.82) is 0 Å². The van der Waals surface area contributed by atoms with Gasteiger partial charge in [-0.2, -0.15) is 0 Å². The molecule has 0 saturated carbocycles. The Bertz CT molecular complexity index is 826. The summed E-state index contributed by atoms with van der Waals surface area (Å²) in [7, 11) is 0. The lowest BCUT2D eigenvalue weighted by Gasteiger charge is -2.31. The summed E-state index contributed by atoms with van der Waals surface area (Å²) in [6, 6.07) is 12.1. The number of carbonyl (C=O) groups is 1. The van der Waals surface area contributed by atoms with Crippen molar-refractivity contribution in [3.05, 3.63) is 59.4 Å². The van der Waals surface area contributed by atoms with E-state index in [1.165, 1.54) is 11.1 Å². The maximum Gasteiger partial charge on any atom is 0.320 e. The van der Waals surface area contributed by atoms with Crippen LogP contribution in [-0.2, 0) is 19.5 Å². The van der Waals surface area contributed by atoms with Crippen LogP contribution in [0.1, 0.15) is 16.8 Å². The Morgan fingerprint density at radius 1 is 1.04 bits per heavy atom. The van der Waals surface area contributed by atoms with E-state index in [0.717, 1.165) is 25.2 Å². The molecule has 1 fully saturated rings. The van der Waals surface area contributed by atoms with Gasteiger partial charge in [0.1, 0.15) is 0 Å². The van der Waals surface area contributed by atoms with Crippen LogP contribution in [0.25, 0.3) is 0 Å². The van der Waals surface area contributed by atoms with Crippen LogP contribution in [0.15, 0.2) is 42.6 Å². The molecule has 1 aromatic heterocycles. The third-order valence-corrected chi connectivity index (χ3v) is 5.49. The van der Waals surface area contributed by atoms with Gasteiger partial charge in [0.2, 0.25) is 0 Å². The van der Waals surface area contributed by atoms with Gasteiger partial charge in [-0.1, -0.05) is 24.3 Å². The number of nitrogens with zero attached hydrogens (tertiary/aromatic N) is 4. The van der Waals surface area contributed by atoms with Crippen LogP contribution >= 0.6 is 0 Å². The normalized spacial score (nSPS) is 18.4. The average Bonchev–Trinajstić information content (AvgIpc) is 3.03. The first kappa shape index (κ1) is 18.7. The van der Waals surface area contributed by atoms with Crippen molar-refractivity contribution in [2.75, 3.05) is 38.5 Å². The number of pyridine rings is 1. The van der Waals surface area contributed by atoms with E-state index in [9.17, 15) is 9.90 Å². The topological polar surface area (TPSA) is 85.9 Å². The second-order valence-corrected chi connectivity index (χ2v) is 7.64. The molecule has 4 rings (SSSR count). The zero-order valence-corrected chi connectivity index (χ0v) is 16.0. The Morgan fingerprint density at radius 3 is 2.61 bits per heavy atom. The summed E-state index contributed by atoms with van der Waals surface area (Å²) in [6.45, 7) is 4.49. The zero-order valence-electron chi connectivity index (χ0n) is 16.0. The van der Waals surface area contributed by atoms with Crippen molar-refractivity contribution in [3.63, 3.8) is 0 Å². The minimum absolute atomic E-state index is 0.0401. The summed E-state index contributed by atoms with van der Waals surface area (Å²) in [4.78, 5) is 22.7. The molecule has 1 aromatic carbocycles. The number of fused-ring (bicyclic) bond motifs is 1. The van der Waals surface area contributed by atoms with E-state index in [1.54, 1.807) is 22.1 Å². The highest BCUT2D eigenvalue weighted by Crippen LogP contribution is 2.19. The van der Waals surface area contributed by atoms with Crippen LogP contribution in [-0.4, -0.2) is 69.6 Å². The Labute approximate surface area is 165 Å². The monoisotopic (exact) mass is 381 g/mol. The van der Waals surface area contributed by atoms with Gasteiger partial charge in [0, 0.05) is 39.3 Å². The van der Waals surface area contributed by atoms with Crippen molar-refractivity contribution >= 4 is 11.7 Å². The molecule has 0 bridgehead atoms. The number of aromatic nitrogens is 1. The molecule has 3 heterocycles. The summed E-state index contributed by atoms with van der Waals surface area (Å²) in [5.41, 5.74) is 9.82. The highest BCUT2D eigenvalue weighted by molar-refractivity contribution is 5.76. The van der Waals surface area contributed by atoms with Crippen LogP contribution in [0.3, 0.4) is 0 Å². The maximum absolute atomic E-state index is 12.6. The van der Waals surface area contributed by atoms with Gasteiger partial charge in [-0.15, -0.1) is 0 Å². The number of hydrogen-bond donors (Lipinski definition) is 2. The number of β-amino-alcohol motifs (C(OH)–C–C–N with tert-alkyl or cyclic N) is 1. The average molecular weight is 381 g/mol. The number of anilines is 1. The van der Waals surface area contributed by atoms with Crippen LogP contribution < -0.4 is 5.73 Å². The molecule has 28 heavy (non-hydrogen) atoms. The number of hydrogen-bond acceptors (Lipinski definition) is 5. The highest BCUT2D eigenvalue weighted by Gasteiger charge is 2.30. The number of urea groups is 1. The lowest BCUT2D eigenvalue weighted by Crippen LogP contribution is -2.43. The first-order chi connectivity index (χ1) is 13.6. The van der Waals surface area contributed by atoms with Crippen LogP contribution in [0.2, 0.25) is 0 Å². The SMILES string of the molecule is Nc1ccc(CN2CCN(CC(O)CN3CCc4ccccc4C3)C2=O)nc1. The molecule has 0 radical (unpaired) electrons. The molecule has 1 unspecified atom stereocenters. The summed E-state index contributed by atoms with van der Waals surface area (Å²) < 4.78 is 0. The molecule has 7 nitrogen and oxygen atoms in total. The number of aliphatic hydroxyl groups excluding tert-OH is 1. The second kappa shape index (κ2) is 8.16. The third-order valence-electron chi connectivity index (χ3n) is 5.49. The summed E-state index contributed by atoms with van der Waals surface area (Å²) >= 11 is 0. The zero-order chi connectivity index (χ0) is 19.5. The van der Waals surface area contributed by atoms with Crippen LogP contribution in [0.4, 0.5) is 10.5 Å². The van der Waals surface area contributed by atoms with Gasteiger partial charge in [0.05, 0.1) is 30.2 Å². The van der Waals surface area contributed by atoms with E-state index in [2.05, 4.69) is 34.1 Å². The quantitative estimate of drug-likeness (QED) is 0.788. The van der Waals surface area contributed by atoms with Crippen molar-refractivity contribution in [1.82, 2.24) is 19.7 Å². The van der Waals surface area contributed by atoms with Gasteiger partial charge in [0.25, 0.3) is 0 Å². The predicted molar refractivity (Wildman–Crippen MR) is 107 cm³/mol. The molecule has 2 aliphatic rings. The van der Waals surface area contributed by atoms with E-state index in [1.807, 2.05) is 6.07 Å². The number of benzene rings is 1. The van der Waals surface area contributed by atoms with E-state index < -0.39 is 6.10 Å². The van der Waals surface area contributed by atoms with E-state index in [-0.39, 0.29) is 6.03 Å².